The number of carbonyl (C=O) groups is 2. The van der Waals surface area contributed by atoms with Gasteiger partial charge in [0.25, 0.3) is 5.91 Å². The third-order valence-electron chi connectivity index (χ3n) is 8.06. The van der Waals surface area contributed by atoms with Gasteiger partial charge in [0.15, 0.2) is 5.69 Å². The minimum atomic E-state index is -1.21. The van der Waals surface area contributed by atoms with E-state index in [2.05, 4.69) is 4.98 Å². The molecule has 0 aliphatic heterocycles. The molecule has 6 aromatic rings. The van der Waals surface area contributed by atoms with Gasteiger partial charge in [0.2, 0.25) is 0 Å². The molecular weight excluding hydrogens is 664 g/mol. The third kappa shape index (κ3) is 7.61. The van der Waals surface area contributed by atoms with Gasteiger partial charge in [0.1, 0.15) is 16.7 Å². The van der Waals surface area contributed by atoms with E-state index in [-0.39, 0.29) is 47.1 Å². The second kappa shape index (κ2) is 14.5. The number of anilines is 1. The number of benzene rings is 4. The van der Waals surface area contributed by atoms with E-state index in [0.29, 0.717) is 22.3 Å². The van der Waals surface area contributed by atoms with Crippen molar-refractivity contribution in [3.8, 4) is 16.9 Å². The first-order valence-electron chi connectivity index (χ1n) is 15.7. The van der Waals surface area contributed by atoms with E-state index in [1.54, 1.807) is 34.9 Å². The molecule has 0 aliphatic carbocycles. The molecule has 1 N–H and O–H groups in total. The van der Waals surface area contributed by atoms with Gasteiger partial charge in [-0.15, -0.1) is 0 Å². The van der Waals surface area contributed by atoms with Gasteiger partial charge in [0.05, 0.1) is 22.9 Å². The number of rotatable bonds is 11. The average molecular weight is 697 g/mol. The minimum Gasteiger partial charge on any atom is -0.491 e. The standard InChI is InChI=1S/C39H32Cl2FN3O4/c1-24(2)49-32-14-8-27(9-15-32)28-10-16-34-33(21-28)36(37(39(47)48)45(34)23-26-4-3-5-30(40)20-26)44(19-18-25-6-12-31(42)13-7-25)38(46)29-11-17-35(41)43-22-29/h3-17,20-22,24H,18-19,23H2,1-2H3,(H,47,48). The quantitative estimate of drug-likeness (QED) is 0.137. The molecule has 2 aromatic heterocycles. The van der Waals surface area contributed by atoms with Crippen LogP contribution in [0.1, 0.15) is 45.8 Å². The second-order valence-electron chi connectivity index (χ2n) is 11.8. The molecule has 0 atom stereocenters. The molecule has 0 aliphatic rings. The first-order valence-corrected chi connectivity index (χ1v) is 16.4. The van der Waals surface area contributed by atoms with Crippen molar-refractivity contribution in [3.63, 3.8) is 0 Å². The Hall–Kier alpha value is -5.18. The number of aromatic carboxylic acids is 1. The third-order valence-corrected chi connectivity index (χ3v) is 8.51. The summed E-state index contributed by atoms with van der Waals surface area (Å²) in [5.41, 5.74) is 4.27. The molecule has 0 radical (unpaired) electrons. The van der Waals surface area contributed by atoms with Gasteiger partial charge in [-0.3, -0.25) is 4.79 Å². The van der Waals surface area contributed by atoms with Crippen molar-refractivity contribution >= 4 is 51.7 Å². The predicted molar refractivity (Wildman–Crippen MR) is 192 cm³/mol. The van der Waals surface area contributed by atoms with Gasteiger partial charge >= 0.3 is 5.97 Å². The van der Waals surface area contributed by atoms with Crippen molar-refractivity contribution in [2.75, 3.05) is 11.4 Å². The summed E-state index contributed by atoms with van der Waals surface area (Å²) < 4.78 is 21.3. The van der Waals surface area contributed by atoms with Crippen LogP contribution in [0.4, 0.5) is 10.1 Å². The molecule has 2 heterocycles. The summed E-state index contributed by atoms with van der Waals surface area (Å²) in [5, 5.41) is 12.1. The summed E-state index contributed by atoms with van der Waals surface area (Å²) in [6.07, 6.45) is 1.71. The molecule has 1 amide bonds. The lowest BCUT2D eigenvalue weighted by atomic mass is 10.0. The van der Waals surface area contributed by atoms with E-state index < -0.39 is 11.9 Å². The molecule has 7 nitrogen and oxygen atoms in total. The Bertz CT molecular complexity index is 2130. The van der Waals surface area contributed by atoms with E-state index in [4.69, 9.17) is 27.9 Å². The zero-order valence-electron chi connectivity index (χ0n) is 26.7. The number of ether oxygens (including phenoxy) is 1. The highest BCUT2D eigenvalue weighted by atomic mass is 35.5. The lowest BCUT2D eigenvalue weighted by molar-refractivity contribution is 0.0687. The SMILES string of the molecule is CC(C)Oc1ccc(-c2ccc3c(c2)c(N(CCc2ccc(F)cc2)C(=O)c2ccc(Cl)nc2)c(C(=O)O)n3Cc2cccc(Cl)c2)cc1. The van der Waals surface area contributed by atoms with Crippen molar-refractivity contribution in [2.45, 2.75) is 32.9 Å². The molecule has 0 saturated carbocycles. The van der Waals surface area contributed by atoms with Crippen molar-refractivity contribution < 1.29 is 23.8 Å². The largest absolute Gasteiger partial charge is 0.491 e. The Morgan fingerprint density at radius 1 is 0.898 bits per heavy atom. The number of pyridine rings is 1. The topological polar surface area (TPSA) is 84.7 Å². The zero-order chi connectivity index (χ0) is 34.7. The lowest BCUT2D eigenvalue weighted by Crippen LogP contribution is -2.34. The Morgan fingerprint density at radius 2 is 1.63 bits per heavy atom. The number of amides is 1. The number of hydrogen-bond donors (Lipinski definition) is 1. The van der Waals surface area contributed by atoms with Crippen molar-refractivity contribution in [3.05, 3.63) is 148 Å². The molecule has 49 heavy (non-hydrogen) atoms. The molecular formula is C39H32Cl2FN3O4. The summed E-state index contributed by atoms with van der Waals surface area (Å²) >= 11 is 12.4. The van der Waals surface area contributed by atoms with Crippen molar-refractivity contribution in [2.24, 2.45) is 0 Å². The van der Waals surface area contributed by atoms with Crippen molar-refractivity contribution in [1.29, 1.82) is 0 Å². The van der Waals surface area contributed by atoms with E-state index >= 15 is 0 Å². The van der Waals surface area contributed by atoms with E-state index in [0.717, 1.165) is 28.0 Å². The summed E-state index contributed by atoms with van der Waals surface area (Å²) in [7, 11) is 0. The average Bonchev–Trinajstić information content (AvgIpc) is 3.39. The van der Waals surface area contributed by atoms with Crippen LogP contribution < -0.4 is 9.64 Å². The zero-order valence-corrected chi connectivity index (χ0v) is 28.3. The first-order chi connectivity index (χ1) is 23.6. The van der Waals surface area contributed by atoms with Crippen LogP contribution in [0.3, 0.4) is 0 Å². The number of halogens is 3. The molecule has 0 saturated heterocycles. The molecule has 6 rings (SSSR count). The van der Waals surface area contributed by atoms with Crippen LogP contribution in [0.2, 0.25) is 10.2 Å². The van der Waals surface area contributed by atoms with E-state index in [9.17, 15) is 19.1 Å². The van der Waals surface area contributed by atoms with Crippen LogP contribution in [0.5, 0.6) is 5.75 Å². The van der Waals surface area contributed by atoms with Gasteiger partial charge in [-0.2, -0.15) is 0 Å². The molecule has 0 fully saturated rings. The van der Waals surface area contributed by atoms with Gasteiger partial charge in [-0.1, -0.05) is 65.7 Å². The summed E-state index contributed by atoms with van der Waals surface area (Å²) in [4.78, 5) is 33.3. The number of carboxylic acids is 1. The maximum absolute atomic E-state index is 14.4. The molecule has 248 valence electrons. The fourth-order valence-electron chi connectivity index (χ4n) is 5.85. The van der Waals surface area contributed by atoms with E-state index in [1.165, 1.54) is 29.3 Å². The number of fused-ring (bicyclic) bond motifs is 1. The van der Waals surface area contributed by atoms with Gasteiger partial charge < -0.3 is 19.3 Å². The number of carbonyl (C=O) groups excluding carboxylic acids is 1. The monoisotopic (exact) mass is 695 g/mol. The summed E-state index contributed by atoms with van der Waals surface area (Å²) in [6.45, 7) is 4.19. The predicted octanol–water partition coefficient (Wildman–Crippen LogP) is 9.57. The molecule has 0 unspecified atom stereocenters. The second-order valence-corrected chi connectivity index (χ2v) is 12.7. The van der Waals surface area contributed by atoms with Crippen LogP contribution in [0.25, 0.3) is 22.0 Å². The number of carboxylic acid groups (broad SMARTS) is 1. The van der Waals surface area contributed by atoms with Crippen LogP contribution in [0, 0.1) is 5.82 Å². The fraction of sp³-hybridized carbons (Fsp3) is 0.154. The smallest absolute Gasteiger partial charge is 0.354 e. The van der Waals surface area contributed by atoms with E-state index in [1.807, 2.05) is 68.4 Å². The Kier molecular flexibility index (Phi) is 9.99. The van der Waals surface area contributed by atoms with Crippen LogP contribution in [-0.2, 0) is 13.0 Å². The van der Waals surface area contributed by atoms with Gasteiger partial charge in [-0.05, 0) is 103 Å². The number of hydrogen-bond acceptors (Lipinski definition) is 4. The normalized spacial score (nSPS) is 11.2. The van der Waals surface area contributed by atoms with Crippen LogP contribution >= 0.6 is 23.2 Å². The molecule has 10 heteroatoms. The number of nitrogens with zero attached hydrogens (tertiary/aromatic N) is 3. The van der Waals surface area contributed by atoms with Crippen LogP contribution in [0.15, 0.2) is 109 Å². The van der Waals surface area contributed by atoms with Crippen LogP contribution in [-0.4, -0.2) is 39.2 Å². The van der Waals surface area contributed by atoms with Crippen molar-refractivity contribution in [1.82, 2.24) is 9.55 Å². The maximum atomic E-state index is 14.4. The highest BCUT2D eigenvalue weighted by Crippen LogP contribution is 2.39. The molecule has 4 aromatic carbocycles. The Labute approximate surface area is 293 Å². The Morgan fingerprint density at radius 3 is 2.29 bits per heavy atom. The summed E-state index contributed by atoms with van der Waals surface area (Å²) in [5.74, 6) is -1.32. The van der Waals surface area contributed by atoms with Gasteiger partial charge in [-0.25, -0.2) is 14.2 Å². The molecule has 0 spiro atoms. The fourth-order valence-corrected chi connectivity index (χ4v) is 6.18. The highest BCUT2D eigenvalue weighted by molar-refractivity contribution is 6.30. The molecule has 0 bridgehead atoms. The number of aromatic nitrogens is 2. The highest BCUT2D eigenvalue weighted by Gasteiger charge is 2.31. The first kappa shape index (κ1) is 33.7. The van der Waals surface area contributed by atoms with Gasteiger partial charge in [0, 0.05) is 29.7 Å². The maximum Gasteiger partial charge on any atom is 0.354 e. The lowest BCUT2D eigenvalue weighted by Gasteiger charge is -2.24. The summed E-state index contributed by atoms with van der Waals surface area (Å²) in [6, 6.07) is 29.6. The Balaban J connectivity index is 1.56. The minimum absolute atomic E-state index is 0.0210.